The summed E-state index contributed by atoms with van der Waals surface area (Å²) in [4.78, 5) is 12.5. The molecule has 426 valence electrons. The molecule has 9 aromatic carbocycles. The molecule has 4 aliphatic carbocycles. The molecule has 3 aliphatic heterocycles. The Labute approximate surface area is 525 Å². The van der Waals surface area contributed by atoms with Gasteiger partial charge in [0.05, 0.1) is 0 Å². The van der Waals surface area contributed by atoms with Gasteiger partial charge in [0.1, 0.15) is 5.82 Å². The zero-order chi connectivity index (χ0) is 57.2. The second-order valence-corrected chi connectivity index (χ2v) is 25.0. The van der Waals surface area contributed by atoms with Crippen molar-refractivity contribution in [3.63, 3.8) is 0 Å². The Kier molecular flexibility index (Phi) is 13.1. The van der Waals surface area contributed by atoms with E-state index in [-0.39, 0.29) is 33.3 Å². The molecular formula is C79H63BN5OPt-3. The van der Waals surface area contributed by atoms with Crippen LogP contribution in [0.2, 0.25) is 0 Å². The topological polar surface area (TPSA) is 36.8 Å². The number of fused-ring (bicyclic) bond motifs is 7. The van der Waals surface area contributed by atoms with Gasteiger partial charge in [0.25, 0.3) is 0 Å². The van der Waals surface area contributed by atoms with Gasteiger partial charge in [0.15, 0.2) is 0 Å². The van der Waals surface area contributed by atoms with Crippen molar-refractivity contribution in [2.45, 2.75) is 58.3 Å². The van der Waals surface area contributed by atoms with Gasteiger partial charge in [-0.1, -0.05) is 174 Å². The molecule has 5 heterocycles. The second-order valence-electron chi connectivity index (χ2n) is 25.0. The first-order valence-corrected chi connectivity index (χ1v) is 30.8. The Morgan fingerprint density at radius 1 is 0.586 bits per heavy atom. The minimum absolute atomic E-state index is 0. The summed E-state index contributed by atoms with van der Waals surface area (Å²) >= 11 is 0. The smallest absolute Gasteiger partial charge is 0.316 e. The molecule has 0 spiro atoms. The number of anilines is 5. The van der Waals surface area contributed by atoms with Gasteiger partial charge in [0, 0.05) is 83.6 Å². The molecule has 11 aromatic rings. The van der Waals surface area contributed by atoms with E-state index < -0.39 is 0 Å². The number of benzene rings is 9. The molecule has 4 saturated carbocycles. The van der Waals surface area contributed by atoms with Crippen LogP contribution in [0.1, 0.15) is 59.9 Å². The maximum absolute atomic E-state index is 7.22. The fourth-order valence-corrected chi connectivity index (χ4v) is 17.1. The molecule has 8 heteroatoms. The van der Waals surface area contributed by atoms with Crippen molar-refractivity contribution in [1.82, 2.24) is 9.55 Å². The molecule has 2 aromatic heterocycles. The molecule has 6 nitrogen and oxygen atoms in total. The average Bonchev–Trinajstić information content (AvgIpc) is 1.18. The van der Waals surface area contributed by atoms with Crippen molar-refractivity contribution in [3.05, 3.63) is 283 Å². The fourth-order valence-electron chi connectivity index (χ4n) is 17.1. The largest absolute Gasteiger partial charge is 0.509 e. The van der Waals surface area contributed by atoms with Gasteiger partial charge in [-0.25, -0.2) is 4.98 Å². The Morgan fingerprint density at radius 3 is 1.97 bits per heavy atom. The minimum atomic E-state index is -0.140. The number of aromatic nitrogens is 2. The van der Waals surface area contributed by atoms with Gasteiger partial charge in [-0.05, 0) is 170 Å². The van der Waals surface area contributed by atoms with E-state index in [0.29, 0.717) is 23.3 Å². The molecule has 4 bridgehead atoms. The van der Waals surface area contributed by atoms with Crippen molar-refractivity contribution >= 4 is 63.2 Å². The summed E-state index contributed by atoms with van der Waals surface area (Å²) in [5, 5.41) is 2.26. The van der Waals surface area contributed by atoms with Gasteiger partial charge >= 0.3 is 6.85 Å². The number of aryl methyl sites for hydroxylation is 3. The SMILES string of the molecule is Cc1cc(C)c(-c2cc(Oc3[c-]c4c(cc3)c3ccccc3n4-c3cc(C4(C5=CC=CN6B5C=Cc5ccccc56)C5CC6CC(C5)CC4C6)ccn3)[c-]c(N3[CH-]N(c4c(-c5ccccc5)cccc4-c4ccccc4)c4ccccc43)c2)c(C)c1.[Pt]. The van der Waals surface area contributed by atoms with E-state index in [9.17, 15) is 0 Å². The number of ether oxygens (including phenoxy) is 1. The van der Waals surface area contributed by atoms with Crippen molar-refractivity contribution in [3.8, 4) is 50.7 Å². The summed E-state index contributed by atoms with van der Waals surface area (Å²) in [6, 6.07) is 80.3. The average molecular weight is 1300 g/mol. The number of para-hydroxylation sites is 5. The molecule has 87 heavy (non-hydrogen) atoms. The third-order valence-electron chi connectivity index (χ3n) is 20.1. The van der Waals surface area contributed by atoms with Crippen LogP contribution in [0.3, 0.4) is 0 Å². The van der Waals surface area contributed by atoms with Crippen LogP contribution in [0.25, 0.3) is 67.1 Å². The Hall–Kier alpha value is -8.90. The zero-order valence-electron chi connectivity index (χ0n) is 49.0. The van der Waals surface area contributed by atoms with Crippen LogP contribution in [0.4, 0.5) is 28.4 Å². The number of nitrogens with zero attached hydrogens (tertiary/aromatic N) is 5. The number of rotatable bonds is 10. The third kappa shape index (κ3) is 8.66. The first-order valence-electron chi connectivity index (χ1n) is 30.8. The van der Waals surface area contributed by atoms with Crippen LogP contribution in [0.15, 0.2) is 236 Å². The molecule has 0 unspecified atom stereocenters. The van der Waals surface area contributed by atoms with Crippen molar-refractivity contribution < 1.29 is 25.8 Å². The quantitative estimate of drug-likeness (QED) is 0.101. The molecule has 0 N–H and O–H groups in total. The predicted molar refractivity (Wildman–Crippen MR) is 354 cm³/mol. The van der Waals surface area contributed by atoms with Crippen molar-refractivity contribution in [1.29, 1.82) is 0 Å². The standard InChI is InChI=1S/C79H63BN5O.Pt/c1-51-38-52(2)77(53(3)39-51)59-45-63(82-50-83(73-29-15-14-28-72(73)82)78-66(56-18-6-4-7-19-56)24-16-25-67(78)57-20-8-5-9-21-57)48-65(46-59)86-64-31-32-69-68-23-11-13-27-71(68)85(74(69)49-64)76-47-60(34-36-81-76)79(61-41-54-40-55(43-61)44-62(79)42-54)75-30-17-37-84-70-26-12-10-22-58(70)33-35-80(75)84;/h4-39,45-47,50,54-55,61-62H,40-44H2,1-3H3;/q-3;. The van der Waals surface area contributed by atoms with E-state index in [1.54, 1.807) is 0 Å². The molecule has 4 fully saturated rings. The van der Waals surface area contributed by atoms with E-state index in [2.05, 4.69) is 296 Å². The number of hydrogen-bond donors (Lipinski definition) is 0. The van der Waals surface area contributed by atoms with E-state index in [0.717, 1.165) is 90.0 Å². The zero-order valence-corrected chi connectivity index (χ0v) is 51.2. The van der Waals surface area contributed by atoms with Gasteiger partial charge in [-0.15, -0.1) is 53.6 Å². The number of allylic oxidation sites excluding steroid dienone is 3. The maximum atomic E-state index is 7.22. The van der Waals surface area contributed by atoms with E-state index in [1.807, 2.05) is 0 Å². The fraction of sp³-hybridized carbons (Fsp3) is 0.165. The van der Waals surface area contributed by atoms with Gasteiger partial charge < -0.3 is 23.9 Å². The Balaban J connectivity index is 0.00000612. The second kappa shape index (κ2) is 21.2. The summed E-state index contributed by atoms with van der Waals surface area (Å²) in [7, 11) is 0. The third-order valence-corrected chi connectivity index (χ3v) is 20.1. The normalized spacial score (nSPS) is 20.4. The van der Waals surface area contributed by atoms with Crippen LogP contribution >= 0.6 is 0 Å². The Bertz CT molecular complexity index is 4530. The molecule has 7 aliphatic rings. The summed E-state index contributed by atoms with van der Waals surface area (Å²) in [5.41, 5.74) is 21.9. The van der Waals surface area contributed by atoms with Crippen LogP contribution < -0.4 is 19.3 Å². The van der Waals surface area contributed by atoms with Crippen LogP contribution in [-0.2, 0) is 26.5 Å². The van der Waals surface area contributed by atoms with Crippen LogP contribution in [-0.4, -0.2) is 16.4 Å². The van der Waals surface area contributed by atoms with Gasteiger partial charge in [0.2, 0.25) is 0 Å². The number of hydrogen-bond acceptors (Lipinski definition) is 5. The van der Waals surface area contributed by atoms with Crippen molar-refractivity contribution in [2.75, 3.05) is 14.6 Å². The van der Waals surface area contributed by atoms with Crippen LogP contribution in [0.5, 0.6) is 11.5 Å². The summed E-state index contributed by atoms with van der Waals surface area (Å²) in [6.07, 6.45) is 18.1. The van der Waals surface area contributed by atoms with E-state index in [4.69, 9.17) is 9.72 Å². The first-order chi connectivity index (χ1) is 42.3. The van der Waals surface area contributed by atoms with Crippen LogP contribution in [0, 0.1) is 63.2 Å². The molecule has 0 saturated heterocycles. The molecule has 0 amide bonds. The molecule has 18 rings (SSSR count). The minimum Gasteiger partial charge on any atom is -0.509 e. The van der Waals surface area contributed by atoms with Gasteiger partial charge in [-0.3, -0.25) is 0 Å². The molecule has 0 radical (unpaired) electrons. The van der Waals surface area contributed by atoms with E-state index in [1.165, 1.54) is 76.6 Å². The summed E-state index contributed by atoms with van der Waals surface area (Å²) < 4.78 is 9.57. The first kappa shape index (κ1) is 53.6. The van der Waals surface area contributed by atoms with E-state index >= 15 is 0 Å². The monoisotopic (exact) mass is 1300 g/mol. The predicted octanol–water partition coefficient (Wildman–Crippen LogP) is 19.7. The summed E-state index contributed by atoms with van der Waals surface area (Å²) in [6.45, 7) is 8.99. The molecular weight excluding hydrogens is 1240 g/mol. The number of pyridine rings is 1. The Morgan fingerprint density at radius 2 is 1.24 bits per heavy atom. The molecule has 0 atom stereocenters. The van der Waals surface area contributed by atoms with Crippen molar-refractivity contribution in [2.24, 2.45) is 23.7 Å². The maximum Gasteiger partial charge on any atom is 0.316 e. The van der Waals surface area contributed by atoms with Gasteiger partial charge in [-0.2, -0.15) is 6.07 Å². The summed E-state index contributed by atoms with van der Waals surface area (Å²) in [5.74, 6) is 7.31.